The molecule has 0 amide bonds. The maximum atomic E-state index is 13.3. The highest BCUT2D eigenvalue weighted by atomic mass is 19.1. The Kier molecular flexibility index (Phi) is 2.98. The third-order valence-electron chi connectivity index (χ3n) is 2.81. The number of aryl methyl sites for hydroxylation is 1. The molecule has 2 aromatic heterocycles. The number of fused-ring (bicyclic) bond motifs is 1. The molecule has 0 N–H and O–H groups in total. The Hall–Kier alpha value is -2.63. The molecule has 0 spiro atoms. The Labute approximate surface area is 113 Å². The van der Waals surface area contributed by atoms with Gasteiger partial charge in [0.15, 0.2) is 5.82 Å². The summed E-state index contributed by atoms with van der Waals surface area (Å²) in [7, 11) is 0. The van der Waals surface area contributed by atoms with Gasteiger partial charge in [-0.1, -0.05) is 0 Å². The van der Waals surface area contributed by atoms with Crippen molar-refractivity contribution in [2.75, 3.05) is 0 Å². The van der Waals surface area contributed by atoms with Crippen LogP contribution in [0.5, 0.6) is 0 Å². The minimum Gasteiger partial charge on any atom is -0.280 e. The van der Waals surface area contributed by atoms with Gasteiger partial charge in [0, 0.05) is 6.20 Å². The summed E-state index contributed by atoms with van der Waals surface area (Å²) in [5, 5.41) is 8.08. The van der Waals surface area contributed by atoms with Gasteiger partial charge >= 0.3 is 0 Å². The Morgan fingerprint density at radius 3 is 2.40 bits per heavy atom. The predicted molar refractivity (Wildman–Crippen MR) is 70.5 cm³/mol. The lowest BCUT2D eigenvalue weighted by molar-refractivity contribution is 0.619. The molecule has 0 atom stereocenters. The summed E-state index contributed by atoms with van der Waals surface area (Å²) in [5.41, 5.74) is 1.75. The number of pyridine rings is 1. The summed E-state index contributed by atoms with van der Waals surface area (Å²) < 4.78 is 27.6. The van der Waals surface area contributed by atoms with E-state index >= 15 is 0 Å². The number of benzene rings is 1. The molecule has 0 fully saturated rings. The van der Waals surface area contributed by atoms with E-state index in [2.05, 4.69) is 15.2 Å². The third-order valence-corrected chi connectivity index (χ3v) is 2.81. The van der Waals surface area contributed by atoms with Crippen LogP contribution in [-0.4, -0.2) is 9.38 Å². The first kappa shape index (κ1) is 12.4. The fourth-order valence-electron chi connectivity index (χ4n) is 1.86. The molecular weight excluding hydrogens is 262 g/mol. The molecule has 2 heterocycles. The van der Waals surface area contributed by atoms with Crippen molar-refractivity contribution in [3.63, 3.8) is 0 Å². The zero-order valence-electron chi connectivity index (χ0n) is 10.6. The molecule has 3 aromatic rings. The number of nitrogens with zero attached hydrogens (tertiary/aromatic N) is 4. The molecule has 6 heteroatoms. The van der Waals surface area contributed by atoms with Gasteiger partial charge in [-0.05, 0) is 43.3 Å². The molecule has 0 aliphatic rings. The molecule has 0 bridgehead atoms. The van der Waals surface area contributed by atoms with Crippen molar-refractivity contribution in [2.24, 2.45) is 10.2 Å². The van der Waals surface area contributed by atoms with Crippen molar-refractivity contribution in [3.8, 4) is 0 Å². The van der Waals surface area contributed by atoms with Crippen molar-refractivity contribution in [3.05, 3.63) is 59.9 Å². The van der Waals surface area contributed by atoms with Crippen LogP contribution in [0.4, 0.5) is 20.3 Å². The first-order valence-corrected chi connectivity index (χ1v) is 5.95. The van der Waals surface area contributed by atoms with Gasteiger partial charge in [0.1, 0.15) is 17.3 Å². The smallest absolute Gasteiger partial charge is 0.182 e. The maximum Gasteiger partial charge on any atom is 0.182 e. The van der Waals surface area contributed by atoms with E-state index < -0.39 is 0 Å². The van der Waals surface area contributed by atoms with Gasteiger partial charge in [0.05, 0.1) is 11.4 Å². The molecule has 100 valence electrons. The molecule has 1 aromatic carbocycles. The van der Waals surface area contributed by atoms with Gasteiger partial charge in [-0.2, -0.15) is 0 Å². The van der Waals surface area contributed by atoms with Crippen LogP contribution in [0, 0.1) is 18.6 Å². The van der Waals surface area contributed by atoms with E-state index in [9.17, 15) is 8.78 Å². The molecule has 4 nitrogen and oxygen atoms in total. The molecular formula is C14H10F2N4. The van der Waals surface area contributed by atoms with Gasteiger partial charge < -0.3 is 0 Å². The van der Waals surface area contributed by atoms with E-state index in [0.29, 0.717) is 22.8 Å². The van der Waals surface area contributed by atoms with Crippen LogP contribution in [0.1, 0.15) is 5.69 Å². The zero-order chi connectivity index (χ0) is 14.1. The number of aromatic nitrogens is 2. The van der Waals surface area contributed by atoms with Crippen LogP contribution >= 0.6 is 0 Å². The van der Waals surface area contributed by atoms with Crippen LogP contribution in [0.25, 0.3) is 5.65 Å². The highest BCUT2D eigenvalue weighted by Crippen LogP contribution is 2.23. The first-order chi connectivity index (χ1) is 9.63. The number of hydrogen-bond donors (Lipinski definition) is 0. The topological polar surface area (TPSA) is 42.0 Å². The molecule has 20 heavy (non-hydrogen) atoms. The Balaban J connectivity index is 2.03. The van der Waals surface area contributed by atoms with Crippen molar-refractivity contribution in [1.82, 2.24) is 9.38 Å². The number of hydrogen-bond acceptors (Lipinski definition) is 3. The van der Waals surface area contributed by atoms with Gasteiger partial charge in [-0.15, -0.1) is 10.2 Å². The van der Waals surface area contributed by atoms with E-state index in [1.807, 2.05) is 0 Å². The summed E-state index contributed by atoms with van der Waals surface area (Å²) in [5.74, 6) is -0.269. The Morgan fingerprint density at radius 1 is 0.950 bits per heavy atom. The van der Waals surface area contributed by atoms with Crippen LogP contribution in [0.2, 0.25) is 0 Å². The summed E-state index contributed by atoms with van der Waals surface area (Å²) in [6, 6.07) is 8.53. The SMILES string of the molecule is Cc1nc2ccc(F)cn2c1N=Nc1ccc(F)cc1. The van der Waals surface area contributed by atoms with Crippen LogP contribution in [0.3, 0.4) is 0 Å². The molecule has 0 aliphatic heterocycles. The first-order valence-electron chi connectivity index (χ1n) is 5.95. The minimum atomic E-state index is -0.381. The van der Waals surface area contributed by atoms with Crippen LogP contribution in [0.15, 0.2) is 52.8 Å². The molecule has 0 saturated heterocycles. The third kappa shape index (κ3) is 2.27. The standard InChI is InChI=1S/C14H10F2N4/c1-9-14(19-18-12-5-2-10(15)3-6-12)20-8-11(16)4-7-13(20)17-9/h2-8H,1H3. The summed E-state index contributed by atoms with van der Waals surface area (Å²) in [6.45, 7) is 1.77. The van der Waals surface area contributed by atoms with Gasteiger partial charge in [-0.25, -0.2) is 13.8 Å². The normalized spacial score (nSPS) is 11.6. The summed E-state index contributed by atoms with van der Waals surface area (Å²) >= 11 is 0. The number of rotatable bonds is 2. The molecule has 0 radical (unpaired) electrons. The average Bonchev–Trinajstić information content (AvgIpc) is 2.73. The summed E-state index contributed by atoms with van der Waals surface area (Å²) in [4.78, 5) is 4.26. The van der Waals surface area contributed by atoms with Crippen molar-refractivity contribution >= 4 is 17.2 Å². The monoisotopic (exact) mass is 272 g/mol. The highest BCUT2D eigenvalue weighted by molar-refractivity contribution is 5.51. The van der Waals surface area contributed by atoms with E-state index in [1.165, 1.54) is 40.9 Å². The lowest BCUT2D eigenvalue weighted by Gasteiger charge is -1.96. The second-order valence-electron chi connectivity index (χ2n) is 4.27. The zero-order valence-corrected chi connectivity index (χ0v) is 10.6. The highest BCUT2D eigenvalue weighted by Gasteiger charge is 2.08. The molecule has 3 rings (SSSR count). The summed E-state index contributed by atoms with van der Waals surface area (Å²) in [6.07, 6.45) is 1.30. The Bertz CT molecular complexity index is 791. The molecule has 0 aliphatic carbocycles. The van der Waals surface area contributed by atoms with Gasteiger partial charge in [0.25, 0.3) is 0 Å². The van der Waals surface area contributed by atoms with Crippen LogP contribution < -0.4 is 0 Å². The van der Waals surface area contributed by atoms with E-state index in [4.69, 9.17) is 0 Å². The number of imidazole rings is 1. The van der Waals surface area contributed by atoms with E-state index in [-0.39, 0.29) is 11.6 Å². The van der Waals surface area contributed by atoms with Crippen molar-refractivity contribution < 1.29 is 8.78 Å². The van der Waals surface area contributed by atoms with E-state index in [0.717, 1.165) is 0 Å². The van der Waals surface area contributed by atoms with E-state index in [1.54, 1.807) is 13.0 Å². The Morgan fingerprint density at radius 2 is 1.65 bits per heavy atom. The second-order valence-corrected chi connectivity index (χ2v) is 4.27. The largest absolute Gasteiger partial charge is 0.280 e. The number of halogens is 2. The molecule has 0 unspecified atom stereocenters. The second kappa shape index (κ2) is 4.80. The lowest BCUT2D eigenvalue weighted by Crippen LogP contribution is -1.85. The van der Waals surface area contributed by atoms with Crippen LogP contribution in [-0.2, 0) is 0 Å². The predicted octanol–water partition coefficient (Wildman–Crippen LogP) is 4.34. The fraction of sp³-hybridized carbons (Fsp3) is 0.0714. The lowest BCUT2D eigenvalue weighted by atomic mass is 10.3. The maximum absolute atomic E-state index is 13.3. The van der Waals surface area contributed by atoms with Crippen molar-refractivity contribution in [1.29, 1.82) is 0 Å². The molecule has 0 saturated carbocycles. The van der Waals surface area contributed by atoms with Gasteiger partial charge in [-0.3, -0.25) is 4.40 Å². The fourth-order valence-corrected chi connectivity index (χ4v) is 1.86. The number of azo groups is 1. The average molecular weight is 272 g/mol. The minimum absolute atomic E-state index is 0.336. The van der Waals surface area contributed by atoms with Crippen molar-refractivity contribution in [2.45, 2.75) is 6.92 Å². The van der Waals surface area contributed by atoms with Gasteiger partial charge in [0.2, 0.25) is 0 Å². The quantitative estimate of drug-likeness (QED) is 0.640.